The molecule has 0 aliphatic heterocycles. The fraction of sp³-hybridized carbons (Fsp3) is 0.105. The minimum atomic E-state index is -0.827. The SMILES string of the molecule is Cc1cc(NC(=O)COC(=O)c2cccc([N+](=O)[O-])c2)n(-c2ccccc2)n1. The molecule has 142 valence electrons. The number of hydrogen-bond donors (Lipinski definition) is 1. The largest absolute Gasteiger partial charge is 0.452 e. The number of aryl methyl sites for hydroxylation is 1. The highest BCUT2D eigenvalue weighted by atomic mass is 16.6. The lowest BCUT2D eigenvalue weighted by atomic mass is 10.2. The third kappa shape index (κ3) is 4.39. The molecule has 1 aromatic heterocycles. The van der Waals surface area contributed by atoms with Crippen LogP contribution in [0.15, 0.2) is 60.7 Å². The Bertz CT molecular complexity index is 1030. The Balaban J connectivity index is 1.65. The quantitative estimate of drug-likeness (QED) is 0.399. The van der Waals surface area contributed by atoms with Crippen molar-refractivity contribution < 1.29 is 19.2 Å². The molecule has 3 rings (SSSR count). The van der Waals surface area contributed by atoms with E-state index in [-0.39, 0.29) is 11.3 Å². The van der Waals surface area contributed by atoms with Crippen LogP contribution in [-0.2, 0) is 9.53 Å². The van der Waals surface area contributed by atoms with E-state index in [4.69, 9.17) is 4.74 Å². The average Bonchev–Trinajstić information content (AvgIpc) is 3.06. The molecule has 28 heavy (non-hydrogen) atoms. The van der Waals surface area contributed by atoms with Crippen LogP contribution in [-0.4, -0.2) is 33.2 Å². The average molecular weight is 380 g/mol. The summed E-state index contributed by atoms with van der Waals surface area (Å²) in [6.07, 6.45) is 0. The Labute approximate surface area is 159 Å². The van der Waals surface area contributed by atoms with Gasteiger partial charge in [0, 0.05) is 18.2 Å². The van der Waals surface area contributed by atoms with Crippen LogP contribution in [0.25, 0.3) is 5.69 Å². The number of non-ortho nitro benzene ring substituents is 1. The van der Waals surface area contributed by atoms with Gasteiger partial charge < -0.3 is 10.1 Å². The van der Waals surface area contributed by atoms with Crippen molar-refractivity contribution in [1.82, 2.24) is 9.78 Å². The predicted octanol–water partition coefficient (Wildman–Crippen LogP) is 2.88. The Hall–Kier alpha value is -4.01. The molecule has 2 aromatic carbocycles. The first-order valence-electron chi connectivity index (χ1n) is 8.27. The van der Waals surface area contributed by atoms with E-state index in [1.165, 1.54) is 18.2 Å². The van der Waals surface area contributed by atoms with E-state index in [2.05, 4.69) is 10.4 Å². The summed E-state index contributed by atoms with van der Waals surface area (Å²) in [5, 5.41) is 17.8. The van der Waals surface area contributed by atoms with E-state index in [0.29, 0.717) is 11.5 Å². The molecule has 0 radical (unpaired) electrons. The van der Waals surface area contributed by atoms with Crippen LogP contribution in [0.2, 0.25) is 0 Å². The summed E-state index contributed by atoms with van der Waals surface area (Å²) in [6.45, 7) is 1.25. The van der Waals surface area contributed by atoms with E-state index in [9.17, 15) is 19.7 Å². The zero-order valence-electron chi connectivity index (χ0n) is 14.9. The van der Waals surface area contributed by atoms with Crippen LogP contribution in [0.4, 0.5) is 11.5 Å². The van der Waals surface area contributed by atoms with E-state index >= 15 is 0 Å². The lowest BCUT2D eigenvalue weighted by Crippen LogP contribution is -2.22. The van der Waals surface area contributed by atoms with Gasteiger partial charge in [-0.2, -0.15) is 5.10 Å². The van der Waals surface area contributed by atoms with Gasteiger partial charge in [-0.15, -0.1) is 0 Å². The van der Waals surface area contributed by atoms with Crippen molar-refractivity contribution in [1.29, 1.82) is 0 Å². The van der Waals surface area contributed by atoms with Crippen molar-refractivity contribution in [2.24, 2.45) is 0 Å². The monoisotopic (exact) mass is 380 g/mol. The normalized spacial score (nSPS) is 10.3. The van der Waals surface area contributed by atoms with Crippen molar-refractivity contribution in [2.45, 2.75) is 6.92 Å². The second-order valence-electron chi connectivity index (χ2n) is 5.85. The van der Waals surface area contributed by atoms with E-state index < -0.39 is 23.4 Å². The number of carbonyl (C=O) groups excluding carboxylic acids is 2. The predicted molar refractivity (Wildman–Crippen MR) is 100 cm³/mol. The molecule has 3 aromatic rings. The van der Waals surface area contributed by atoms with Crippen molar-refractivity contribution in [2.75, 3.05) is 11.9 Å². The molecule has 0 atom stereocenters. The molecule has 0 aliphatic carbocycles. The van der Waals surface area contributed by atoms with Gasteiger partial charge in [0.15, 0.2) is 6.61 Å². The number of aromatic nitrogens is 2. The molecule has 0 spiro atoms. The Morgan fingerprint density at radius 2 is 1.89 bits per heavy atom. The molecule has 1 N–H and O–H groups in total. The number of nitrogens with one attached hydrogen (secondary N) is 1. The molecule has 0 bridgehead atoms. The number of carbonyl (C=O) groups is 2. The lowest BCUT2D eigenvalue weighted by molar-refractivity contribution is -0.384. The van der Waals surface area contributed by atoms with Gasteiger partial charge in [-0.05, 0) is 25.1 Å². The van der Waals surface area contributed by atoms with Crippen LogP contribution in [0.1, 0.15) is 16.1 Å². The molecule has 0 unspecified atom stereocenters. The molecule has 0 saturated carbocycles. The minimum absolute atomic E-state index is 0.00725. The van der Waals surface area contributed by atoms with Gasteiger partial charge in [-0.25, -0.2) is 9.48 Å². The molecule has 9 heteroatoms. The van der Waals surface area contributed by atoms with Crippen LogP contribution in [0.3, 0.4) is 0 Å². The van der Waals surface area contributed by atoms with Crippen molar-refractivity contribution in [3.05, 3.63) is 82.0 Å². The summed E-state index contributed by atoms with van der Waals surface area (Å²) in [7, 11) is 0. The third-order valence-corrected chi connectivity index (χ3v) is 3.73. The summed E-state index contributed by atoms with van der Waals surface area (Å²) in [4.78, 5) is 34.4. The van der Waals surface area contributed by atoms with Gasteiger partial charge in [0.1, 0.15) is 5.82 Å². The molecule has 0 fully saturated rings. The smallest absolute Gasteiger partial charge is 0.338 e. The number of para-hydroxylation sites is 1. The van der Waals surface area contributed by atoms with Gasteiger partial charge in [0.05, 0.1) is 21.9 Å². The van der Waals surface area contributed by atoms with Crippen molar-refractivity contribution in [3.63, 3.8) is 0 Å². The zero-order valence-corrected chi connectivity index (χ0v) is 14.9. The summed E-state index contributed by atoms with van der Waals surface area (Å²) < 4.78 is 6.51. The van der Waals surface area contributed by atoms with Gasteiger partial charge in [0.2, 0.25) is 0 Å². The maximum atomic E-state index is 12.2. The number of benzene rings is 2. The first-order chi connectivity index (χ1) is 13.4. The number of ether oxygens (including phenoxy) is 1. The highest BCUT2D eigenvalue weighted by molar-refractivity contribution is 5.95. The highest BCUT2D eigenvalue weighted by Crippen LogP contribution is 2.17. The number of hydrogen-bond acceptors (Lipinski definition) is 6. The molecule has 1 amide bonds. The molecular weight excluding hydrogens is 364 g/mol. The summed E-state index contributed by atoms with van der Waals surface area (Å²) in [5.41, 5.74) is 1.22. The molecule has 0 aliphatic rings. The number of nitro benzene ring substituents is 1. The number of esters is 1. The van der Waals surface area contributed by atoms with Crippen molar-refractivity contribution >= 4 is 23.4 Å². The fourth-order valence-corrected chi connectivity index (χ4v) is 2.49. The van der Waals surface area contributed by atoms with E-state index in [0.717, 1.165) is 11.8 Å². The van der Waals surface area contributed by atoms with Crippen LogP contribution < -0.4 is 5.32 Å². The highest BCUT2D eigenvalue weighted by Gasteiger charge is 2.16. The third-order valence-electron chi connectivity index (χ3n) is 3.73. The minimum Gasteiger partial charge on any atom is -0.452 e. The van der Waals surface area contributed by atoms with Gasteiger partial charge in [-0.1, -0.05) is 24.3 Å². The maximum absolute atomic E-state index is 12.2. The zero-order chi connectivity index (χ0) is 20.1. The topological polar surface area (TPSA) is 116 Å². The maximum Gasteiger partial charge on any atom is 0.338 e. The number of nitro groups is 1. The van der Waals surface area contributed by atoms with Gasteiger partial charge in [0.25, 0.3) is 11.6 Å². The van der Waals surface area contributed by atoms with Crippen LogP contribution in [0, 0.1) is 17.0 Å². The fourth-order valence-electron chi connectivity index (χ4n) is 2.49. The molecular formula is C19H16N4O5. The summed E-state index contributed by atoms with van der Waals surface area (Å²) in [6, 6.07) is 16.0. The van der Waals surface area contributed by atoms with Crippen LogP contribution in [0.5, 0.6) is 0 Å². The summed E-state index contributed by atoms with van der Waals surface area (Å²) >= 11 is 0. The van der Waals surface area contributed by atoms with E-state index in [1.807, 2.05) is 30.3 Å². The van der Waals surface area contributed by atoms with Crippen molar-refractivity contribution in [3.8, 4) is 5.69 Å². The number of amides is 1. The first-order valence-corrected chi connectivity index (χ1v) is 8.27. The second kappa shape index (κ2) is 8.12. The van der Waals surface area contributed by atoms with Gasteiger partial charge >= 0.3 is 5.97 Å². The molecule has 0 saturated heterocycles. The molecule has 1 heterocycles. The number of nitrogens with zero attached hydrogens (tertiary/aromatic N) is 3. The van der Waals surface area contributed by atoms with Gasteiger partial charge in [-0.3, -0.25) is 14.9 Å². The summed E-state index contributed by atoms with van der Waals surface area (Å²) in [5.74, 6) is -0.956. The second-order valence-corrected chi connectivity index (χ2v) is 5.85. The number of anilines is 1. The van der Waals surface area contributed by atoms with E-state index in [1.54, 1.807) is 17.7 Å². The Morgan fingerprint density at radius 3 is 2.61 bits per heavy atom. The Morgan fingerprint density at radius 1 is 1.14 bits per heavy atom. The first kappa shape index (κ1) is 18.8. The Kier molecular flexibility index (Phi) is 5.45. The standard InChI is InChI=1S/C19H16N4O5/c1-13-10-17(22(21-13)15-7-3-2-4-8-15)20-18(24)12-28-19(25)14-6-5-9-16(11-14)23(26)27/h2-11H,12H2,1H3,(H,20,24). The lowest BCUT2D eigenvalue weighted by Gasteiger charge is -2.09. The molecule has 9 nitrogen and oxygen atoms in total. The number of rotatable bonds is 6. The van der Waals surface area contributed by atoms with Crippen LogP contribution >= 0.6 is 0 Å².